The van der Waals surface area contributed by atoms with Gasteiger partial charge in [-0.15, -0.1) is 24.0 Å². The molecule has 1 unspecified atom stereocenters. The highest BCUT2D eigenvalue weighted by Gasteiger charge is 2.32. The second-order valence-electron chi connectivity index (χ2n) is 7.39. The monoisotopic (exact) mass is 566 g/mol. The molecule has 1 heterocycles. The number of nitrogens with zero attached hydrogens (tertiary/aromatic N) is 2. The average molecular weight is 567 g/mol. The number of benzene rings is 1. The van der Waals surface area contributed by atoms with Crippen LogP contribution in [0.15, 0.2) is 27.7 Å². The van der Waals surface area contributed by atoms with Crippen LogP contribution in [0.4, 0.5) is 4.39 Å². The average Bonchev–Trinajstić information content (AvgIpc) is 3.35. The Labute approximate surface area is 192 Å². The van der Waals surface area contributed by atoms with E-state index in [0.29, 0.717) is 16.9 Å². The van der Waals surface area contributed by atoms with Crippen LogP contribution in [0, 0.1) is 11.7 Å². The molecule has 1 aromatic rings. The van der Waals surface area contributed by atoms with Gasteiger partial charge in [0.1, 0.15) is 5.82 Å². The highest BCUT2D eigenvalue weighted by Crippen LogP contribution is 2.27. The van der Waals surface area contributed by atoms with E-state index in [0.717, 1.165) is 50.3 Å². The van der Waals surface area contributed by atoms with E-state index >= 15 is 0 Å². The van der Waals surface area contributed by atoms with Crippen LogP contribution in [-0.4, -0.2) is 49.5 Å². The van der Waals surface area contributed by atoms with Gasteiger partial charge in [-0.2, -0.15) is 0 Å². The molecular formula is C20H29BrFIN4O. The van der Waals surface area contributed by atoms with Gasteiger partial charge in [0.15, 0.2) is 5.96 Å². The Balaban J connectivity index is 0.00000280. The largest absolute Gasteiger partial charge is 0.356 e. The van der Waals surface area contributed by atoms with E-state index in [1.807, 2.05) is 4.90 Å². The van der Waals surface area contributed by atoms with E-state index in [2.05, 4.69) is 31.6 Å². The molecule has 0 radical (unpaired) electrons. The van der Waals surface area contributed by atoms with Crippen molar-refractivity contribution >= 4 is 51.8 Å². The highest BCUT2D eigenvalue weighted by molar-refractivity contribution is 14.0. The van der Waals surface area contributed by atoms with Crippen molar-refractivity contribution in [1.82, 2.24) is 15.5 Å². The van der Waals surface area contributed by atoms with E-state index < -0.39 is 0 Å². The van der Waals surface area contributed by atoms with Crippen molar-refractivity contribution in [2.24, 2.45) is 10.9 Å². The van der Waals surface area contributed by atoms with Crippen LogP contribution in [0.2, 0.25) is 0 Å². The first-order chi connectivity index (χ1) is 13.1. The molecule has 1 aliphatic heterocycles. The van der Waals surface area contributed by atoms with E-state index in [9.17, 15) is 9.18 Å². The first-order valence-electron chi connectivity index (χ1n) is 9.76. The maximum Gasteiger partial charge on any atom is 0.225 e. The molecule has 5 nitrogen and oxygen atoms in total. The Morgan fingerprint density at radius 1 is 1.32 bits per heavy atom. The second kappa shape index (κ2) is 11.3. The van der Waals surface area contributed by atoms with Gasteiger partial charge in [-0.1, -0.05) is 18.9 Å². The summed E-state index contributed by atoms with van der Waals surface area (Å²) in [5.74, 6) is 1.08. The summed E-state index contributed by atoms with van der Waals surface area (Å²) in [6.45, 7) is 2.28. The summed E-state index contributed by atoms with van der Waals surface area (Å²) in [4.78, 5) is 18.8. The Bertz CT molecular complexity index is 697. The summed E-state index contributed by atoms with van der Waals surface area (Å²) in [5, 5.41) is 6.73. The lowest BCUT2D eigenvalue weighted by atomic mass is 10.1. The number of carbonyl (C=O) groups is 1. The van der Waals surface area contributed by atoms with Gasteiger partial charge in [-0.25, -0.2) is 4.39 Å². The summed E-state index contributed by atoms with van der Waals surface area (Å²) < 4.78 is 13.8. The molecule has 0 aromatic heterocycles. The number of guanidine groups is 1. The van der Waals surface area contributed by atoms with E-state index in [-0.39, 0.29) is 41.8 Å². The summed E-state index contributed by atoms with van der Waals surface area (Å²) in [6.07, 6.45) is 6.20. The van der Waals surface area contributed by atoms with Crippen molar-refractivity contribution in [3.8, 4) is 0 Å². The minimum Gasteiger partial charge on any atom is -0.356 e. The Morgan fingerprint density at radius 3 is 2.75 bits per heavy atom. The van der Waals surface area contributed by atoms with Crippen LogP contribution in [-0.2, 0) is 11.2 Å². The lowest BCUT2D eigenvalue weighted by Crippen LogP contribution is -2.45. The number of hydrogen-bond acceptors (Lipinski definition) is 2. The van der Waals surface area contributed by atoms with Gasteiger partial charge in [-0.3, -0.25) is 9.79 Å². The smallest absolute Gasteiger partial charge is 0.225 e. The third-order valence-corrected chi connectivity index (χ3v) is 6.07. The number of rotatable bonds is 5. The fraction of sp³-hybridized carbons (Fsp3) is 0.600. The number of carbonyl (C=O) groups excluding carboxylic acids is 1. The lowest BCUT2D eigenvalue weighted by Gasteiger charge is -2.21. The third kappa shape index (κ3) is 6.30. The molecule has 2 aliphatic rings. The number of likely N-dealkylation sites (tertiary alicyclic amines) is 1. The van der Waals surface area contributed by atoms with Crippen LogP contribution in [0.3, 0.4) is 0 Å². The zero-order chi connectivity index (χ0) is 19.2. The molecular weight excluding hydrogens is 538 g/mol. The number of nitrogens with one attached hydrogen (secondary N) is 2. The zero-order valence-corrected chi connectivity index (χ0v) is 20.1. The molecule has 2 fully saturated rings. The van der Waals surface area contributed by atoms with Crippen molar-refractivity contribution in [3.63, 3.8) is 0 Å². The number of aliphatic imine (C=N–C) groups is 1. The molecule has 156 valence electrons. The molecule has 3 rings (SSSR count). The summed E-state index contributed by atoms with van der Waals surface area (Å²) in [6, 6.07) is 5.31. The maximum atomic E-state index is 13.3. The van der Waals surface area contributed by atoms with Crippen molar-refractivity contribution in [1.29, 1.82) is 0 Å². The number of halogens is 3. The third-order valence-electron chi connectivity index (χ3n) is 5.46. The van der Waals surface area contributed by atoms with Gasteiger partial charge in [-0.05, 0) is 59.3 Å². The van der Waals surface area contributed by atoms with Crippen LogP contribution in [0.5, 0.6) is 0 Å². The Morgan fingerprint density at radius 2 is 2.07 bits per heavy atom. The van der Waals surface area contributed by atoms with Crippen LogP contribution < -0.4 is 10.6 Å². The van der Waals surface area contributed by atoms with Gasteiger partial charge in [0, 0.05) is 38.6 Å². The van der Waals surface area contributed by atoms with Gasteiger partial charge in [0.05, 0.1) is 4.47 Å². The van der Waals surface area contributed by atoms with Crippen LogP contribution in [0.1, 0.15) is 37.7 Å². The predicted octanol–water partition coefficient (Wildman–Crippen LogP) is 3.70. The SMILES string of the molecule is CN=C(NCCc1ccc(F)c(Br)c1)NC1CCN(C(=O)C2CCCC2)C1.I. The molecule has 1 aliphatic carbocycles. The summed E-state index contributed by atoms with van der Waals surface area (Å²) >= 11 is 3.22. The van der Waals surface area contributed by atoms with E-state index in [1.165, 1.54) is 18.9 Å². The molecule has 1 aromatic carbocycles. The van der Waals surface area contributed by atoms with Gasteiger partial charge < -0.3 is 15.5 Å². The van der Waals surface area contributed by atoms with Crippen molar-refractivity contribution in [2.75, 3.05) is 26.7 Å². The first kappa shape index (κ1) is 23.4. The van der Waals surface area contributed by atoms with E-state index in [4.69, 9.17) is 0 Å². The fourth-order valence-corrected chi connectivity index (χ4v) is 4.34. The molecule has 2 N–H and O–H groups in total. The molecule has 1 amide bonds. The molecule has 0 spiro atoms. The molecule has 1 saturated heterocycles. The maximum absolute atomic E-state index is 13.3. The van der Waals surface area contributed by atoms with Gasteiger partial charge in [0.25, 0.3) is 0 Å². The van der Waals surface area contributed by atoms with E-state index in [1.54, 1.807) is 19.2 Å². The molecule has 28 heavy (non-hydrogen) atoms. The van der Waals surface area contributed by atoms with Gasteiger partial charge in [0.2, 0.25) is 5.91 Å². The Kier molecular flexibility index (Phi) is 9.46. The topological polar surface area (TPSA) is 56.7 Å². The number of amides is 1. The molecule has 1 saturated carbocycles. The fourth-order valence-electron chi connectivity index (χ4n) is 3.92. The van der Waals surface area contributed by atoms with Crippen molar-refractivity contribution in [3.05, 3.63) is 34.1 Å². The minimum absolute atomic E-state index is 0. The van der Waals surface area contributed by atoms with Crippen LogP contribution in [0.25, 0.3) is 0 Å². The molecule has 0 bridgehead atoms. The standard InChI is InChI=1S/C20H28BrFN4O.HI/c1-23-20(24-10-8-14-6-7-18(22)17(21)12-14)25-16-9-11-26(13-16)19(27)15-4-2-3-5-15;/h6-7,12,15-16H,2-5,8-11,13H2,1H3,(H2,23,24,25);1H. The summed E-state index contributed by atoms with van der Waals surface area (Å²) in [5.41, 5.74) is 1.06. The highest BCUT2D eigenvalue weighted by atomic mass is 127. The normalized spacial score (nSPS) is 20.2. The lowest BCUT2D eigenvalue weighted by molar-refractivity contribution is -0.134. The van der Waals surface area contributed by atoms with Gasteiger partial charge >= 0.3 is 0 Å². The van der Waals surface area contributed by atoms with Crippen molar-refractivity contribution in [2.45, 2.75) is 44.6 Å². The quantitative estimate of drug-likeness (QED) is 0.325. The number of hydrogen-bond donors (Lipinski definition) is 2. The van der Waals surface area contributed by atoms with Crippen molar-refractivity contribution < 1.29 is 9.18 Å². The molecule has 1 atom stereocenters. The Hall–Kier alpha value is -0.900. The second-order valence-corrected chi connectivity index (χ2v) is 8.25. The molecule has 8 heteroatoms. The minimum atomic E-state index is -0.248. The predicted molar refractivity (Wildman–Crippen MR) is 125 cm³/mol. The zero-order valence-electron chi connectivity index (χ0n) is 16.2. The summed E-state index contributed by atoms with van der Waals surface area (Å²) in [7, 11) is 1.75. The van der Waals surface area contributed by atoms with Crippen LogP contribution >= 0.6 is 39.9 Å². The first-order valence-corrected chi connectivity index (χ1v) is 10.6.